The number of nitrogens with two attached hydrogens (primary N) is 1. The summed E-state index contributed by atoms with van der Waals surface area (Å²) in [6, 6.07) is 0.365. The molecule has 0 aromatic heterocycles. The molecule has 1 unspecified atom stereocenters. The molecule has 96 valence electrons. The van der Waals surface area contributed by atoms with Crippen molar-refractivity contribution in [1.29, 1.82) is 0 Å². The lowest BCUT2D eigenvalue weighted by atomic mass is 9.87. The van der Waals surface area contributed by atoms with Gasteiger partial charge in [0.1, 0.15) is 0 Å². The molecule has 1 rings (SSSR count). The van der Waals surface area contributed by atoms with Gasteiger partial charge in [0.15, 0.2) is 0 Å². The van der Waals surface area contributed by atoms with Crippen molar-refractivity contribution in [2.24, 2.45) is 16.6 Å². The molecule has 16 heavy (non-hydrogen) atoms. The normalized spacial score (nSPS) is 23.6. The van der Waals surface area contributed by atoms with Crippen LogP contribution in [0.3, 0.4) is 0 Å². The van der Waals surface area contributed by atoms with E-state index in [4.69, 9.17) is 5.73 Å². The van der Waals surface area contributed by atoms with Crippen LogP contribution in [0, 0.1) is 10.8 Å². The molecule has 0 aliphatic carbocycles. The van der Waals surface area contributed by atoms with E-state index in [0.717, 1.165) is 12.8 Å². The van der Waals surface area contributed by atoms with E-state index in [1.54, 1.807) is 0 Å². The zero-order chi connectivity index (χ0) is 12.4. The van der Waals surface area contributed by atoms with Crippen LogP contribution < -0.4 is 5.73 Å². The van der Waals surface area contributed by atoms with E-state index in [9.17, 15) is 0 Å². The largest absolute Gasteiger partial charge is 0.328 e. The van der Waals surface area contributed by atoms with Crippen LogP contribution in [0.1, 0.15) is 53.9 Å². The Bertz CT molecular complexity index is 215. The third kappa shape index (κ3) is 5.31. The first kappa shape index (κ1) is 14.0. The van der Waals surface area contributed by atoms with Crippen molar-refractivity contribution < 1.29 is 0 Å². The number of nitrogens with zero attached hydrogens (tertiary/aromatic N) is 1. The van der Waals surface area contributed by atoms with E-state index in [2.05, 4.69) is 39.5 Å². The first-order valence-corrected chi connectivity index (χ1v) is 6.66. The fraction of sp³-hybridized carbons (Fsp3) is 1.00. The predicted molar refractivity (Wildman–Crippen MR) is 71.5 cm³/mol. The topological polar surface area (TPSA) is 29.3 Å². The quantitative estimate of drug-likeness (QED) is 0.798. The van der Waals surface area contributed by atoms with Crippen LogP contribution >= 0.6 is 0 Å². The maximum Gasteiger partial charge on any atom is 0.00559 e. The molecule has 0 spiro atoms. The Kier molecular flexibility index (Phi) is 4.42. The Morgan fingerprint density at radius 2 is 1.94 bits per heavy atom. The highest BCUT2D eigenvalue weighted by Crippen LogP contribution is 2.29. The fourth-order valence-corrected chi connectivity index (χ4v) is 2.65. The summed E-state index contributed by atoms with van der Waals surface area (Å²) < 4.78 is 0. The Morgan fingerprint density at radius 3 is 2.38 bits per heavy atom. The smallest absolute Gasteiger partial charge is 0.00559 e. The molecule has 1 fully saturated rings. The molecule has 1 heterocycles. The van der Waals surface area contributed by atoms with Gasteiger partial charge in [-0.15, -0.1) is 0 Å². The van der Waals surface area contributed by atoms with Gasteiger partial charge >= 0.3 is 0 Å². The van der Waals surface area contributed by atoms with Crippen LogP contribution in [-0.2, 0) is 0 Å². The van der Waals surface area contributed by atoms with Crippen molar-refractivity contribution in [3.05, 3.63) is 0 Å². The Hall–Kier alpha value is -0.0800. The van der Waals surface area contributed by atoms with Gasteiger partial charge in [-0.25, -0.2) is 0 Å². The lowest BCUT2D eigenvalue weighted by molar-refractivity contribution is 0.261. The monoisotopic (exact) mass is 226 g/mol. The zero-order valence-corrected chi connectivity index (χ0v) is 11.8. The SMILES string of the molecule is CC(C)(C)CC(N)CCN1CCC(C)(C)C1. The van der Waals surface area contributed by atoms with E-state index < -0.39 is 0 Å². The second-order valence-corrected chi connectivity index (χ2v) is 7.50. The van der Waals surface area contributed by atoms with Crippen molar-refractivity contribution in [1.82, 2.24) is 4.90 Å². The number of likely N-dealkylation sites (tertiary alicyclic amines) is 1. The van der Waals surface area contributed by atoms with Crippen LogP contribution in [0.5, 0.6) is 0 Å². The molecule has 0 amide bonds. The van der Waals surface area contributed by atoms with Crippen LogP contribution in [0.4, 0.5) is 0 Å². The molecule has 1 saturated heterocycles. The number of hydrogen-bond donors (Lipinski definition) is 1. The van der Waals surface area contributed by atoms with Gasteiger partial charge in [0.25, 0.3) is 0 Å². The molecular weight excluding hydrogens is 196 g/mol. The predicted octanol–water partition coefficient (Wildman–Crippen LogP) is 2.87. The van der Waals surface area contributed by atoms with Gasteiger partial charge in [0.2, 0.25) is 0 Å². The van der Waals surface area contributed by atoms with Gasteiger partial charge in [-0.2, -0.15) is 0 Å². The molecule has 0 radical (unpaired) electrons. The summed E-state index contributed by atoms with van der Waals surface area (Å²) in [4.78, 5) is 2.57. The van der Waals surface area contributed by atoms with Gasteiger partial charge in [0.05, 0.1) is 0 Å². The van der Waals surface area contributed by atoms with Gasteiger partial charge in [-0.1, -0.05) is 34.6 Å². The van der Waals surface area contributed by atoms with Crippen LogP contribution in [0.25, 0.3) is 0 Å². The maximum absolute atomic E-state index is 6.18. The summed E-state index contributed by atoms with van der Waals surface area (Å²) in [6.45, 7) is 15.2. The molecule has 0 saturated carbocycles. The molecule has 1 aliphatic rings. The standard InChI is InChI=1S/C14H30N2/c1-13(2,3)10-12(15)6-8-16-9-7-14(4,5)11-16/h12H,6-11,15H2,1-5H3. The molecular formula is C14H30N2. The van der Waals surface area contributed by atoms with Crippen LogP contribution in [0.15, 0.2) is 0 Å². The van der Waals surface area contributed by atoms with Gasteiger partial charge in [-0.3, -0.25) is 0 Å². The zero-order valence-electron chi connectivity index (χ0n) is 11.8. The number of rotatable bonds is 4. The van der Waals surface area contributed by atoms with Crippen LogP contribution in [-0.4, -0.2) is 30.6 Å². The highest BCUT2D eigenvalue weighted by atomic mass is 15.1. The van der Waals surface area contributed by atoms with Gasteiger partial charge in [-0.05, 0) is 43.2 Å². The highest BCUT2D eigenvalue weighted by Gasteiger charge is 2.29. The van der Waals surface area contributed by atoms with Crippen molar-refractivity contribution in [2.45, 2.75) is 59.9 Å². The maximum atomic E-state index is 6.18. The summed E-state index contributed by atoms with van der Waals surface area (Å²) in [5.41, 5.74) is 7.07. The molecule has 2 nitrogen and oxygen atoms in total. The number of hydrogen-bond acceptors (Lipinski definition) is 2. The summed E-state index contributed by atoms with van der Waals surface area (Å²) in [5.74, 6) is 0. The van der Waals surface area contributed by atoms with E-state index in [0.29, 0.717) is 16.9 Å². The average Bonchev–Trinajstić information content (AvgIpc) is 2.39. The fourth-order valence-electron chi connectivity index (χ4n) is 2.65. The lowest BCUT2D eigenvalue weighted by Gasteiger charge is -2.25. The van der Waals surface area contributed by atoms with Crippen molar-refractivity contribution in [3.8, 4) is 0 Å². The average molecular weight is 226 g/mol. The van der Waals surface area contributed by atoms with Crippen molar-refractivity contribution in [2.75, 3.05) is 19.6 Å². The molecule has 0 aromatic rings. The minimum Gasteiger partial charge on any atom is -0.328 e. The highest BCUT2D eigenvalue weighted by molar-refractivity contribution is 4.83. The van der Waals surface area contributed by atoms with Crippen LogP contribution in [0.2, 0.25) is 0 Å². The summed E-state index contributed by atoms with van der Waals surface area (Å²) in [6.07, 6.45) is 3.61. The molecule has 1 atom stereocenters. The van der Waals surface area contributed by atoms with E-state index in [1.165, 1.54) is 26.1 Å². The van der Waals surface area contributed by atoms with E-state index in [1.807, 2.05) is 0 Å². The van der Waals surface area contributed by atoms with Gasteiger partial charge in [0, 0.05) is 12.6 Å². The molecule has 2 heteroatoms. The lowest BCUT2D eigenvalue weighted by Crippen LogP contribution is -2.32. The molecule has 2 N–H and O–H groups in total. The summed E-state index contributed by atoms with van der Waals surface area (Å²) >= 11 is 0. The Labute approximate surface area is 102 Å². The summed E-state index contributed by atoms with van der Waals surface area (Å²) in [5, 5.41) is 0. The third-order valence-electron chi connectivity index (χ3n) is 3.45. The summed E-state index contributed by atoms with van der Waals surface area (Å²) in [7, 11) is 0. The second-order valence-electron chi connectivity index (χ2n) is 7.50. The minimum atomic E-state index is 0.365. The molecule has 1 aliphatic heterocycles. The van der Waals surface area contributed by atoms with Gasteiger partial charge < -0.3 is 10.6 Å². The molecule has 0 bridgehead atoms. The van der Waals surface area contributed by atoms with Crippen molar-refractivity contribution >= 4 is 0 Å². The molecule has 0 aromatic carbocycles. The Morgan fingerprint density at radius 1 is 1.31 bits per heavy atom. The minimum absolute atomic E-state index is 0.365. The van der Waals surface area contributed by atoms with E-state index in [-0.39, 0.29) is 0 Å². The second kappa shape index (κ2) is 5.05. The first-order chi connectivity index (χ1) is 7.18. The third-order valence-corrected chi connectivity index (χ3v) is 3.45. The van der Waals surface area contributed by atoms with E-state index >= 15 is 0 Å². The first-order valence-electron chi connectivity index (χ1n) is 6.66. The Balaban J connectivity index is 2.20. The van der Waals surface area contributed by atoms with Crippen molar-refractivity contribution in [3.63, 3.8) is 0 Å².